The number of carbonyl (C=O) groups excluding carboxylic acids is 1. The smallest absolute Gasteiger partial charge is 0.233 e. The van der Waals surface area contributed by atoms with E-state index >= 15 is 0 Å². The summed E-state index contributed by atoms with van der Waals surface area (Å²) in [6.07, 6.45) is 3.76. The summed E-state index contributed by atoms with van der Waals surface area (Å²) in [7, 11) is 1.76. The van der Waals surface area contributed by atoms with E-state index in [0.717, 1.165) is 17.8 Å². The first-order valence-corrected chi connectivity index (χ1v) is 5.92. The molecule has 0 aliphatic heterocycles. The lowest BCUT2D eigenvalue weighted by atomic mass is 10.4. The summed E-state index contributed by atoms with van der Waals surface area (Å²) in [4.78, 5) is 16.7. The summed E-state index contributed by atoms with van der Waals surface area (Å²) in [5, 5.41) is 6.72. The van der Waals surface area contributed by atoms with Gasteiger partial charge in [0.2, 0.25) is 5.91 Å². The molecular formula is C10H17N3OS. The van der Waals surface area contributed by atoms with E-state index in [1.54, 1.807) is 18.4 Å². The molecule has 0 bridgehead atoms. The Balaban J connectivity index is 2.22. The predicted molar refractivity (Wildman–Crippen MR) is 62.1 cm³/mol. The van der Waals surface area contributed by atoms with E-state index < -0.39 is 0 Å². The molecule has 1 rings (SSSR count). The quantitative estimate of drug-likeness (QED) is 0.747. The fourth-order valence-electron chi connectivity index (χ4n) is 1.16. The van der Waals surface area contributed by atoms with Crippen LogP contribution in [0, 0.1) is 0 Å². The van der Waals surface area contributed by atoms with Crippen molar-refractivity contribution in [1.82, 2.24) is 15.6 Å². The van der Waals surface area contributed by atoms with Gasteiger partial charge >= 0.3 is 0 Å². The minimum Gasteiger partial charge on any atom is -0.355 e. The van der Waals surface area contributed by atoms with Crippen LogP contribution in [0.4, 0.5) is 0 Å². The van der Waals surface area contributed by atoms with Crippen molar-refractivity contribution in [2.24, 2.45) is 0 Å². The Morgan fingerprint density at radius 3 is 3.00 bits per heavy atom. The second kappa shape index (κ2) is 6.53. The zero-order valence-corrected chi connectivity index (χ0v) is 9.99. The van der Waals surface area contributed by atoms with E-state index in [1.165, 1.54) is 4.88 Å². The van der Waals surface area contributed by atoms with Crippen molar-refractivity contribution in [3.05, 3.63) is 16.1 Å². The fourth-order valence-corrected chi connectivity index (χ4v) is 2.02. The van der Waals surface area contributed by atoms with Gasteiger partial charge in [-0.05, 0) is 13.5 Å². The number of nitrogens with one attached hydrogen (secondary N) is 2. The van der Waals surface area contributed by atoms with Crippen LogP contribution in [0.15, 0.2) is 6.20 Å². The number of aromatic nitrogens is 1. The molecule has 0 aromatic carbocycles. The molecule has 1 aromatic rings. The molecule has 1 heterocycles. The number of hydrogen-bond acceptors (Lipinski definition) is 4. The van der Waals surface area contributed by atoms with Crippen LogP contribution in [-0.2, 0) is 17.6 Å². The van der Waals surface area contributed by atoms with Gasteiger partial charge in [0, 0.05) is 24.0 Å². The van der Waals surface area contributed by atoms with Crippen LogP contribution < -0.4 is 10.6 Å². The standard InChI is InChI=1S/C10H17N3OS/c1-3-8-6-13-10(15-8)4-5-12-9(14)7-11-2/h6,11H,3-5,7H2,1-2H3,(H,12,14). The van der Waals surface area contributed by atoms with Crippen LogP contribution in [0.5, 0.6) is 0 Å². The van der Waals surface area contributed by atoms with Gasteiger partial charge in [0.05, 0.1) is 11.6 Å². The van der Waals surface area contributed by atoms with Crippen LogP contribution in [-0.4, -0.2) is 31.0 Å². The number of amides is 1. The first-order valence-electron chi connectivity index (χ1n) is 5.11. The van der Waals surface area contributed by atoms with Crippen LogP contribution in [0.25, 0.3) is 0 Å². The van der Waals surface area contributed by atoms with Gasteiger partial charge in [-0.3, -0.25) is 4.79 Å². The Morgan fingerprint density at radius 1 is 1.60 bits per heavy atom. The van der Waals surface area contributed by atoms with Gasteiger partial charge in [0.1, 0.15) is 0 Å². The lowest BCUT2D eigenvalue weighted by Gasteiger charge is -2.02. The molecule has 15 heavy (non-hydrogen) atoms. The van der Waals surface area contributed by atoms with E-state index in [1.807, 2.05) is 6.20 Å². The van der Waals surface area contributed by atoms with Gasteiger partial charge in [0.25, 0.3) is 0 Å². The Morgan fingerprint density at radius 2 is 2.40 bits per heavy atom. The number of rotatable bonds is 6. The highest BCUT2D eigenvalue weighted by molar-refractivity contribution is 7.11. The molecule has 4 nitrogen and oxygen atoms in total. The van der Waals surface area contributed by atoms with Crippen molar-refractivity contribution in [3.63, 3.8) is 0 Å². The molecule has 0 aliphatic rings. The van der Waals surface area contributed by atoms with Crippen LogP contribution in [0.3, 0.4) is 0 Å². The summed E-state index contributed by atoms with van der Waals surface area (Å²) in [5.74, 6) is 0.0322. The molecule has 0 fully saturated rings. The van der Waals surface area contributed by atoms with Crippen molar-refractivity contribution >= 4 is 17.2 Å². The number of carbonyl (C=O) groups is 1. The summed E-state index contributed by atoms with van der Waals surface area (Å²) in [6, 6.07) is 0. The summed E-state index contributed by atoms with van der Waals surface area (Å²) in [5.41, 5.74) is 0. The molecule has 0 saturated heterocycles. The second-order valence-electron chi connectivity index (χ2n) is 3.20. The van der Waals surface area contributed by atoms with Crippen molar-refractivity contribution in [2.45, 2.75) is 19.8 Å². The molecule has 0 unspecified atom stereocenters. The third kappa shape index (κ3) is 4.40. The van der Waals surface area contributed by atoms with Crippen molar-refractivity contribution in [3.8, 4) is 0 Å². The molecular weight excluding hydrogens is 210 g/mol. The zero-order valence-electron chi connectivity index (χ0n) is 9.17. The van der Waals surface area contributed by atoms with Crippen molar-refractivity contribution in [1.29, 1.82) is 0 Å². The maximum atomic E-state index is 11.1. The molecule has 0 spiro atoms. The Labute approximate surface area is 94.1 Å². The molecule has 0 saturated carbocycles. The molecule has 1 aromatic heterocycles. The maximum absolute atomic E-state index is 11.1. The van der Waals surface area contributed by atoms with Crippen LogP contribution in [0.1, 0.15) is 16.8 Å². The molecule has 5 heteroatoms. The largest absolute Gasteiger partial charge is 0.355 e. The van der Waals surface area contributed by atoms with Gasteiger partial charge < -0.3 is 10.6 Å². The van der Waals surface area contributed by atoms with E-state index in [2.05, 4.69) is 22.5 Å². The summed E-state index contributed by atoms with van der Waals surface area (Å²) in [6.45, 7) is 3.15. The average molecular weight is 227 g/mol. The number of likely N-dealkylation sites (N-methyl/N-ethyl adjacent to an activating group) is 1. The zero-order chi connectivity index (χ0) is 11.1. The third-order valence-corrected chi connectivity index (χ3v) is 3.15. The lowest BCUT2D eigenvalue weighted by Crippen LogP contribution is -2.33. The highest BCUT2D eigenvalue weighted by Gasteiger charge is 2.02. The van der Waals surface area contributed by atoms with Gasteiger partial charge in [-0.15, -0.1) is 11.3 Å². The first kappa shape index (κ1) is 12.1. The number of hydrogen-bond donors (Lipinski definition) is 2. The van der Waals surface area contributed by atoms with Gasteiger partial charge in [-0.1, -0.05) is 6.92 Å². The topological polar surface area (TPSA) is 54.0 Å². The highest BCUT2D eigenvalue weighted by Crippen LogP contribution is 2.13. The van der Waals surface area contributed by atoms with Crippen molar-refractivity contribution in [2.75, 3.05) is 20.1 Å². The van der Waals surface area contributed by atoms with Crippen LogP contribution >= 0.6 is 11.3 Å². The lowest BCUT2D eigenvalue weighted by molar-refractivity contribution is -0.120. The summed E-state index contributed by atoms with van der Waals surface area (Å²) >= 11 is 1.72. The Hall–Kier alpha value is -0.940. The molecule has 84 valence electrons. The minimum atomic E-state index is 0.0322. The van der Waals surface area contributed by atoms with Gasteiger partial charge in [-0.25, -0.2) is 4.98 Å². The molecule has 0 aliphatic carbocycles. The van der Waals surface area contributed by atoms with Crippen LogP contribution in [0.2, 0.25) is 0 Å². The van der Waals surface area contributed by atoms with E-state index in [4.69, 9.17) is 0 Å². The van der Waals surface area contributed by atoms with E-state index in [9.17, 15) is 4.79 Å². The molecule has 0 radical (unpaired) electrons. The fraction of sp³-hybridized carbons (Fsp3) is 0.600. The average Bonchev–Trinajstić information content (AvgIpc) is 2.66. The normalized spacial score (nSPS) is 10.3. The summed E-state index contributed by atoms with van der Waals surface area (Å²) < 4.78 is 0. The van der Waals surface area contributed by atoms with E-state index in [-0.39, 0.29) is 5.91 Å². The van der Waals surface area contributed by atoms with Gasteiger partial charge in [0.15, 0.2) is 0 Å². The SMILES string of the molecule is CCc1cnc(CCNC(=O)CNC)s1. The van der Waals surface area contributed by atoms with Gasteiger partial charge in [-0.2, -0.15) is 0 Å². The number of aryl methyl sites for hydroxylation is 1. The Bertz CT molecular complexity index is 311. The number of nitrogens with zero attached hydrogens (tertiary/aromatic N) is 1. The molecule has 2 N–H and O–H groups in total. The maximum Gasteiger partial charge on any atom is 0.233 e. The van der Waals surface area contributed by atoms with E-state index in [0.29, 0.717) is 13.1 Å². The third-order valence-electron chi connectivity index (χ3n) is 1.95. The minimum absolute atomic E-state index is 0.0322. The first-order chi connectivity index (χ1) is 7.26. The Kier molecular flexibility index (Phi) is 5.28. The monoisotopic (exact) mass is 227 g/mol. The van der Waals surface area contributed by atoms with Crippen molar-refractivity contribution < 1.29 is 4.79 Å². The molecule has 1 amide bonds. The second-order valence-corrected chi connectivity index (χ2v) is 4.40. The molecule has 0 atom stereocenters. The predicted octanol–water partition coefficient (Wildman–Crippen LogP) is 0.584. The number of thiazole rings is 1. The highest BCUT2D eigenvalue weighted by atomic mass is 32.1.